The molecule has 0 aliphatic heterocycles. The van der Waals surface area contributed by atoms with Crippen molar-refractivity contribution in [3.8, 4) is 0 Å². The van der Waals surface area contributed by atoms with Crippen LogP contribution in [0.1, 0.15) is 19.3 Å². The molecule has 1 rings (SSSR count). The fourth-order valence-electron chi connectivity index (χ4n) is 1.27. The molecule has 1 heterocycles. The van der Waals surface area contributed by atoms with Crippen LogP contribution >= 0.6 is 0 Å². The zero-order chi connectivity index (χ0) is 12.0. The predicted octanol–water partition coefficient (Wildman–Crippen LogP) is -0.173. The van der Waals surface area contributed by atoms with Crippen molar-refractivity contribution in [1.29, 1.82) is 0 Å². The summed E-state index contributed by atoms with van der Waals surface area (Å²) in [6.45, 7) is 1.09. The maximum absolute atomic E-state index is 11.7. The molecule has 0 unspecified atom stereocenters. The summed E-state index contributed by atoms with van der Waals surface area (Å²) in [5.41, 5.74) is 5.34. The van der Waals surface area contributed by atoms with Crippen LogP contribution in [0.4, 0.5) is 0 Å². The van der Waals surface area contributed by atoms with Crippen LogP contribution in [0.2, 0.25) is 0 Å². The molecule has 0 bridgehead atoms. The monoisotopic (exact) mass is 246 g/mol. The van der Waals surface area contributed by atoms with E-state index in [0.29, 0.717) is 13.1 Å². The minimum absolute atomic E-state index is 0.203. The second-order valence-electron chi connectivity index (χ2n) is 3.60. The van der Waals surface area contributed by atoms with Crippen molar-refractivity contribution >= 4 is 10.0 Å². The van der Waals surface area contributed by atoms with Crippen molar-refractivity contribution in [3.63, 3.8) is 0 Å². The van der Waals surface area contributed by atoms with Gasteiger partial charge in [-0.1, -0.05) is 6.42 Å². The summed E-state index contributed by atoms with van der Waals surface area (Å²) in [6.07, 6.45) is 5.47. The zero-order valence-corrected chi connectivity index (χ0v) is 10.2. The van der Waals surface area contributed by atoms with E-state index < -0.39 is 10.0 Å². The van der Waals surface area contributed by atoms with Crippen LogP contribution < -0.4 is 10.5 Å². The Morgan fingerprint density at radius 2 is 2.19 bits per heavy atom. The van der Waals surface area contributed by atoms with E-state index in [0.717, 1.165) is 19.3 Å². The van der Waals surface area contributed by atoms with Gasteiger partial charge in [-0.05, 0) is 19.4 Å². The lowest BCUT2D eigenvalue weighted by molar-refractivity contribution is 0.574. The van der Waals surface area contributed by atoms with E-state index in [1.165, 1.54) is 17.1 Å². The molecular weight excluding hydrogens is 228 g/mol. The van der Waals surface area contributed by atoms with Crippen LogP contribution in [0.25, 0.3) is 0 Å². The molecule has 0 saturated carbocycles. The van der Waals surface area contributed by atoms with E-state index in [1.807, 2.05) is 0 Å². The SMILES string of the molecule is Cn1cc(S(=O)(=O)NCCCCCN)cn1. The quantitative estimate of drug-likeness (QED) is 0.653. The third-order valence-corrected chi connectivity index (χ3v) is 3.58. The molecule has 1 aromatic rings. The molecule has 16 heavy (non-hydrogen) atoms. The van der Waals surface area contributed by atoms with Gasteiger partial charge in [0.25, 0.3) is 0 Å². The molecular formula is C9H18N4O2S. The first kappa shape index (κ1) is 13.1. The number of aromatic nitrogens is 2. The summed E-state index contributed by atoms with van der Waals surface area (Å²) < 4.78 is 27.4. The number of rotatable bonds is 7. The lowest BCUT2D eigenvalue weighted by atomic mass is 10.2. The van der Waals surface area contributed by atoms with Gasteiger partial charge >= 0.3 is 0 Å². The van der Waals surface area contributed by atoms with Crippen LogP contribution in [-0.2, 0) is 17.1 Å². The highest BCUT2D eigenvalue weighted by Crippen LogP contribution is 2.05. The molecule has 0 aromatic carbocycles. The smallest absolute Gasteiger partial charge is 0.243 e. The molecule has 0 amide bonds. The molecule has 3 N–H and O–H groups in total. The van der Waals surface area contributed by atoms with Gasteiger partial charge in [-0.3, -0.25) is 4.68 Å². The van der Waals surface area contributed by atoms with Crippen molar-refractivity contribution in [2.45, 2.75) is 24.2 Å². The van der Waals surface area contributed by atoms with Gasteiger partial charge in [-0.25, -0.2) is 13.1 Å². The first-order chi connectivity index (χ1) is 7.56. The Labute approximate surface area is 95.9 Å². The third kappa shape index (κ3) is 3.92. The van der Waals surface area contributed by atoms with Crippen LogP contribution in [0, 0.1) is 0 Å². The van der Waals surface area contributed by atoms with Gasteiger partial charge in [0.1, 0.15) is 4.90 Å². The van der Waals surface area contributed by atoms with Crippen molar-refractivity contribution in [1.82, 2.24) is 14.5 Å². The van der Waals surface area contributed by atoms with Crippen molar-refractivity contribution in [3.05, 3.63) is 12.4 Å². The number of aryl methyl sites for hydroxylation is 1. The van der Waals surface area contributed by atoms with E-state index in [2.05, 4.69) is 9.82 Å². The van der Waals surface area contributed by atoms with Crippen molar-refractivity contribution < 1.29 is 8.42 Å². The first-order valence-corrected chi connectivity index (χ1v) is 6.73. The van der Waals surface area contributed by atoms with E-state index in [4.69, 9.17) is 5.73 Å². The van der Waals surface area contributed by atoms with Gasteiger partial charge < -0.3 is 5.73 Å². The molecule has 0 atom stereocenters. The van der Waals surface area contributed by atoms with E-state index in [1.54, 1.807) is 7.05 Å². The molecule has 0 aliphatic rings. The number of hydrogen-bond donors (Lipinski definition) is 2. The topological polar surface area (TPSA) is 90.0 Å². The van der Waals surface area contributed by atoms with Crippen LogP contribution in [0.15, 0.2) is 17.3 Å². The second kappa shape index (κ2) is 5.97. The van der Waals surface area contributed by atoms with E-state index in [9.17, 15) is 8.42 Å². The molecule has 92 valence electrons. The van der Waals surface area contributed by atoms with Gasteiger partial charge in [0, 0.05) is 19.8 Å². The summed E-state index contributed by atoms with van der Waals surface area (Å²) in [4.78, 5) is 0.203. The predicted molar refractivity (Wildman–Crippen MR) is 61.3 cm³/mol. The Morgan fingerprint density at radius 3 is 2.75 bits per heavy atom. The number of sulfonamides is 1. The van der Waals surface area contributed by atoms with Crippen molar-refractivity contribution in [2.75, 3.05) is 13.1 Å². The maximum Gasteiger partial charge on any atom is 0.243 e. The minimum Gasteiger partial charge on any atom is -0.330 e. The average molecular weight is 246 g/mol. The molecule has 7 heteroatoms. The Bertz CT molecular complexity index is 413. The normalized spacial score (nSPS) is 11.9. The average Bonchev–Trinajstić information content (AvgIpc) is 2.65. The summed E-state index contributed by atoms with van der Waals surface area (Å²) in [5.74, 6) is 0. The van der Waals surface area contributed by atoms with Gasteiger partial charge in [-0.15, -0.1) is 0 Å². The standard InChI is InChI=1S/C9H18N4O2S/c1-13-8-9(7-11-13)16(14,15)12-6-4-2-3-5-10/h7-8,12H,2-6,10H2,1H3. The van der Waals surface area contributed by atoms with Gasteiger partial charge in [0.2, 0.25) is 10.0 Å². The Kier molecular flexibility index (Phi) is 4.91. The van der Waals surface area contributed by atoms with E-state index in [-0.39, 0.29) is 4.90 Å². The van der Waals surface area contributed by atoms with Gasteiger partial charge in [-0.2, -0.15) is 5.10 Å². The van der Waals surface area contributed by atoms with Gasteiger partial charge in [0.05, 0.1) is 6.20 Å². The fourth-order valence-corrected chi connectivity index (χ4v) is 2.33. The molecule has 0 aliphatic carbocycles. The maximum atomic E-state index is 11.7. The number of nitrogens with two attached hydrogens (primary N) is 1. The zero-order valence-electron chi connectivity index (χ0n) is 9.39. The number of unbranched alkanes of at least 4 members (excludes halogenated alkanes) is 2. The highest BCUT2D eigenvalue weighted by molar-refractivity contribution is 7.89. The Hall–Kier alpha value is -0.920. The molecule has 0 fully saturated rings. The van der Waals surface area contributed by atoms with E-state index >= 15 is 0 Å². The highest BCUT2D eigenvalue weighted by Gasteiger charge is 2.14. The Morgan fingerprint density at radius 1 is 1.44 bits per heavy atom. The van der Waals surface area contributed by atoms with Crippen LogP contribution in [0.3, 0.4) is 0 Å². The number of nitrogens with zero attached hydrogens (tertiary/aromatic N) is 2. The summed E-state index contributed by atoms with van der Waals surface area (Å²) >= 11 is 0. The first-order valence-electron chi connectivity index (χ1n) is 5.24. The molecule has 0 radical (unpaired) electrons. The molecule has 6 nitrogen and oxygen atoms in total. The van der Waals surface area contributed by atoms with Gasteiger partial charge in [0.15, 0.2) is 0 Å². The largest absolute Gasteiger partial charge is 0.330 e. The summed E-state index contributed by atoms with van der Waals surface area (Å²) in [7, 11) is -1.71. The third-order valence-electron chi connectivity index (χ3n) is 2.16. The lowest BCUT2D eigenvalue weighted by Crippen LogP contribution is -2.24. The Balaban J connectivity index is 2.41. The summed E-state index contributed by atoms with van der Waals surface area (Å²) in [6, 6.07) is 0. The highest BCUT2D eigenvalue weighted by atomic mass is 32.2. The number of hydrogen-bond acceptors (Lipinski definition) is 4. The van der Waals surface area contributed by atoms with Crippen LogP contribution in [-0.4, -0.2) is 31.3 Å². The van der Waals surface area contributed by atoms with Crippen molar-refractivity contribution in [2.24, 2.45) is 12.8 Å². The number of nitrogens with one attached hydrogen (secondary N) is 1. The van der Waals surface area contributed by atoms with Crippen LogP contribution in [0.5, 0.6) is 0 Å². The molecule has 0 saturated heterocycles. The second-order valence-corrected chi connectivity index (χ2v) is 5.36. The minimum atomic E-state index is -3.39. The summed E-state index contributed by atoms with van der Waals surface area (Å²) in [5, 5.41) is 3.82. The fraction of sp³-hybridized carbons (Fsp3) is 0.667. The molecule has 1 aromatic heterocycles. The molecule has 0 spiro atoms. The lowest BCUT2D eigenvalue weighted by Gasteiger charge is -2.03.